The van der Waals surface area contributed by atoms with Gasteiger partial charge in [0.2, 0.25) is 5.95 Å². The quantitative estimate of drug-likeness (QED) is 0.654. The van der Waals surface area contributed by atoms with Crippen molar-refractivity contribution in [3.8, 4) is 0 Å². The predicted molar refractivity (Wildman–Crippen MR) is 112 cm³/mol. The van der Waals surface area contributed by atoms with E-state index in [-0.39, 0.29) is 11.6 Å². The van der Waals surface area contributed by atoms with Crippen LogP contribution in [0.1, 0.15) is 18.4 Å². The standard InChI is InChI=1S/C18H18BrClN4OS/c19-13-10-26-16-15(13)22-18(23-7-3-5-12(21)9-23)24(17(16)25)8-11-4-1-2-6-14(11)20/h1-2,4,6,10,12H,3,5,7-9,21H2/t12-/m1/s1. The number of anilines is 1. The highest BCUT2D eigenvalue weighted by atomic mass is 79.9. The van der Waals surface area contributed by atoms with E-state index < -0.39 is 0 Å². The van der Waals surface area contributed by atoms with Gasteiger partial charge in [-0.25, -0.2) is 4.98 Å². The van der Waals surface area contributed by atoms with Gasteiger partial charge in [-0.3, -0.25) is 9.36 Å². The Kier molecular flexibility index (Phi) is 5.05. The minimum atomic E-state index is -0.0419. The third-order valence-corrected chi connectivity index (χ3v) is 6.87. The smallest absolute Gasteiger partial charge is 0.273 e. The van der Waals surface area contributed by atoms with E-state index in [9.17, 15) is 4.79 Å². The van der Waals surface area contributed by atoms with Gasteiger partial charge in [-0.15, -0.1) is 11.3 Å². The summed E-state index contributed by atoms with van der Waals surface area (Å²) in [6, 6.07) is 7.69. The third-order valence-electron chi connectivity index (χ3n) is 4.64. The number of nitrogens with two attached hydrogens (primary N) is 1. The molecule has 0 saturated carbocycles. The van der Waals surface area contributed by atoms with E-state index in [1.807, 2.05) is 29.6 Å². The summed E-state index contributed by atoms with van der Waals surface area (Å²) in [5.41, 5.74) is 7.73. The Labute approximate surface area is 168 Å². The summed E-state index contributed by atoms with van der Waals surface area (Å²) in [6.45, 7) is 1.93. The van der Waals surface area contributed by atoms with E-state index in [2.05, 4.69) is 20.8 Å². The van der Waals surface area contributed by atoms with Crippen LogP contribution in [0.3, 0.4) is 0 Å². The summed E-state index contributed by atoms with van der Waals surface area (Å²) >= 11 is 11.3. The van der Waals surface area contributed by atoms with Crippen molar-refractivity contribution in [2.24, 2.45) is 5.73 Å². The lowest BCUT2D eigenvalue weighted by molar-refractivity contribution is 0.492. The van der Waals surface area contributed by atoms with E-state index in [1.165, 1.54) is 11.3 Å². The molecule has 8 heteroatoms. The summed E-state index contributed by atoms with van der Waals surface area (Å²) in [5.74, 6) is 0.664. The Morgan fingerprint density at radius 1 is 1.38 bits per heavy atom. The van der Waals surface area contributed by atoms with Crippen molar-refractivity contribution in [2.45, 2.75) is 25.4 Å². The lowest BCUT2D eigenvalue weighted by Crippen LogP contribution is -2.45. The SMILES string of the molecule is N[C@@H]1CCCN(c2nc3c(Br)csc3c(=O)n2Cc2ccccc2Cl)C1. The number of piperidine rings is 1. The van der Waals surface area contributed by atoms with Crippen LogP contribution in [0.4, 0.5) is 5.95 Å². The number of benzene rings is 1. The second-order valence-electron chi connectivity index (χ2n) is 6.50. The molecule has 5 nitrogen and oxygen atoms in total. The molecule has 0 bridgehead atoms. The second-order valence-corrected chi connectivity index (χ2v) is 8.65. The maximum absolute atomic E-state index is 13.2. The van der Waals surface area contributed by atoms with E-state index >= 15 is 0 Å². The van der Waals surface area contributed by atoms with Gasteiger partial charge in [0.1, 0.15) is 10.2 Å². The van der Waals surface area contributed by atoms with Gasteiger partial charge in [-0.2, -0.15) is 0 Å². The minimum absolute atomic E-state index is 0.0419. The molecule has 0 amide bonds. The lowest BCUT2D eigenvalue weighted by Gasteiger charge is -2.33. The highest BCUT2D eigenvalue weighted by Gasteiger charge is 2.24. The maximum atomic E-state index is 13.2. The zero-order chi connectivity index (χ0) is 18.3. The van der Waals surface area contributed by atoms with Crippen molar-refractivity contribution in [2.75, 3.05) is 18.0 Å². The topological polar surface area (TPSA) is 64.2 Å². The molecule has 0 spiro atoms. The van der Waals surface area contributed by atoms with Gasteiger partial charge in [-0.05, 0) is 40.4 Å². The van der Waals surface area contributed by atoms with Gasteiger partial charge in [0.15, 0.2) is 0 Å². The largest absolute Gasteiger partial charge is 0.341 e. The van der Waals surface area contributed by atoms with Crippen LogP contribution in [-0.2, 0) is 6.54 Å². The fourth-order valence-electron chi connectivity index (χ4n) is 3.33. The van der Waals surface area contributed by atoms with E-state index in [0.29, 0.717) is 34.3 Å². The number of rotatable bonds is 3. The number of thiophene rings is 1. The van der Waals surface area contributed by atoms with Gasteiger partial charge >= 0.3 is 0 Å². The summed E-state index contributed by atoms with van der Waals surface area (Å²) in [6.07, 6.45) is 1.99. The number of fused-ring (bicyclic) bond motifs is 1. The van der Waals surface area contributed by atoms with Gasteiger partial charge < -0.3 is 10.6 Å². The average molecular weight is 454 g/mol. The fourth-order valence-corrected chi connectivity index (χ4v) is 5.04. The Morgan fingerprint density at radius 3 is 2.96 bits per heavy atom. The molecule has 0 radical (unpaired) electrons. The van der Waals surface area contributed by atoms with Gasteiger partial charge in [0.25, 0.3) is 5.56 Å². The second kappa shape index (κ2) is 7.31. The molecule has 4 rings (SSSR count). The van der Waals surface area contributed by atoms with Crippen LogP contribution in [0.25, 0.3) is 10.2 Å². The fraction of sp³-hybridized carbons (Fsp3) is 0.333. The monoisotopic (exact) mass is 452 g/mol. The molecule has 3 heterocycles. The van der Waals surface area contributed by atoms with Crippen molar-refractivity contribution in [1.29, 1.82) is 0 Å². The van der Waals surface area contributed by atoms with E-state index in [0.717, 1.165) is 29.4 Å². The number of nitrogens with zero attached hydrogens (tertiary/aromatic N) is 3. The molecule has 1 fully saturated rings. The summed E-state index contributed by atoms with van der Waals surface area (Å²) in [7, 11) is 0. The van der Waals surface area contributed by atoms with E-state index in [1.54, 1.807) is 4.57 Å². The zero-order valence-electron chi connectivity index (χ0n) is 14.0. The van der Waals surface area contributed by atoms with Crippen LogP contribution in [0.2, 0.25) is 5.02 Å². The highest BCUT2D eigenvalue weighted by molar-refractivity contribution is 9.10. The Bertz CT molecular complexity index is 1020. The normalized spacial score (nSPS) is 17.8. The number of hydrogen-bond acceptors (Lipinski definition) is 5. The molecule has 1 aliphatic heterocycles. The Hall–Kier alpha value is -1.41. The minimum Gasteiger partial charge on any atom is -0.341 e. The van der Waals surface area contributed by atoms with Crippen molar-refractivity contribution in [3.05, 3.63) is 55.1 Å². The zero-order valence-corrected chi connectivity index (χ0v) is 17.1. The molecule has 26 heavy (non-hydrogen) atoms. The highest BCUT2D eigenvalue weighted by Crippen LogP contribution is 2.29. The molecule has 1 atom stereocenters. The van der Waals surface area contributed by atoms with Crippen molar-refractivity contribution >= 4 is 55.0 Å². The van der Waals surface area contributed by atoms with Crippen LogP contribution < -0.4 is 16.2 Å². The third kappa shape index (κ3) is 3.29. The molecular weight excluding hydrogens is 436 g/mol. The Balaban J connectivity index is 1.88. The molecule has 1 aromatic carbocycles. The van der Waals surface area contributed by atoms with Crippen LogP contribution in [0.5, 0.6) is 0 Å². The number of halogens is 2. The number of hydrogen-bond donors (Lipinski definition) is 1. The van der Waals surface area contributed by atoms with Crippen molar-refractivity contribution in [3.63, 3.8) is 0 Å². The summed E-state index contributed by atoms with van der Waals surface area (Å²) < 4.78 is 3.22. The first-order valence-corrected chi connectivity index (χ1v) is 10.5. The first-order valence-electron chi connectivity index (χ1n) is 8.46. The molecule has 2 N–H and O–H groups in total. The molecule has 136 valence electrons. The van der Waals surface area contributed by atoms with Crippen molar-refractivity contribution in [1.82, 2.24) is 9.55 Å². The first kappa shape index (κ1) is 18.0. The van der Waals surface area contributed by atoms with Crippen LogP contribution in [0.15, 0.2) is 38.9 Å². The molecule has 0 unspecified atom stereocenters. The van der Waals surface area contributed by atoms with Crippen LogP contribution >= 0.6 is 38.9 Å². The van der Waals surface area contributed by atoms with Gasteiger partial charge in [0, 0.05) is 29.5 Å². The maximum Gasteiger partial charge on any atom is 0.273 e. The lowest BCUT2D eigenvalue weighted by atomic mass is 10.1. The van der Waals surface area contributed by atoms with Crippen LogP contribution in [0, 0.1) is 0 Å². The summed E-state index contributed by atoms with van der Waals surface area (Å²) in [4.78, 5) is 20.2. The van der Waals surface area contributed by atoms with Gasteiger partial charge in [-0.1, -0.05) is 29.8 Å². The van der Waals surface area contributed by atoms with E-state index in [4.69, 9.17) is 22.3 Å². The Morgan fingerprint density at radius 2 is 2.19 bits per heavy atom. The molecule has 1 aliphatic rings. The number of aromatic nitrogens is 2. The van der Waals surface area contributed by atoms with Gasteiger partial charge in [0.05, 0.1) is 11.0 Å². The molecule has 0 aliphatic carbocycles. The predicted octanol–water partition coefficient (Wildman–Crippen LogP) is 3.85. The van der Waals surface area contributed by atoms with Crippen molar-refractivity contribution < 1.29 is 0 Å². The molecule has 3 aromatic rings. The molecule has 1 saturated heterocycles. The molecular formula is C18H18BrClN4OS. The summed E-state index contributed by atoms with van der Waals surface area (Å²) in [5, 5.41) is 2.55. The van der Waals surface area contributed by atoms with Crippen LogP contribution in [-0.4, -0.2) is 28.7 Å². The average Bonchev–Trinajstić information content (AvgIpc) is 3.00. The first-order chi connectivity index (χ1) is 12.5. The molecule has 2 aromatic heterocycles.